The van der Waals surface area contributed by atoms with Crippen LogP contribution in [0.1, 0.15) is 0 Å². The van der Waals surface area contributed by atoms with Crippen molar-refractivity contribution in [2.75, 3.05) is 6.61 Å². The predicted molar refractivity (Wildman–Crippen MR) is 109 cm³/mol. The highest BCUT2D eigenvalue weighted by atomic mass is 16.7. The molecule has 1 aliphatic rings. The Morgan fingerprint density at radius 3 is 2.27 bits per heavy atom. The Morgan fingerprint density at radius 1 is 0.879 bits per heavy atom. The highest BCUT2D eigenvalue weighted by molar-refractivity contribution is 5.89. The smallest absolute Gasteiger partial charge is 0.229 e. The summed E-state index contributed by atoms with van der Waals surface area (Å²) in [6.45, 7) is -0.734. The second-order valence-electron chi connectivity index (χ2n) is 7.44. The van der Waals surface area contributed by atoms with E-state index in [9.17, 15) is 45.6 Å². The number of hydrogen-bond donors (Lipinski definition) is 8. The van der Waals surface area contributed by atoms with Crippen molar-refractivity contribution in [3.63, 3.8) is 0 Å². The molecule has 8 N–H and O–H groups in total. The van der Waals surface area contributed by atoms with Crippen molar-refractivity contribution < 1.29 is 54.7 Å². The molecule has 0 amide bonds. The van der Waals surface area contributed by atoms with E-state index >= 15 is 0 Å². The Bertz CT molecular complexity index is 1250. The van der Waals surface area contributed by atoms with Gasteiger partial charge in [0.25, 0.3) is 0 Å². The molecule has 176 valence electrons. The summed E-state index contributed by atoms with van der Waals surface area (Å²) in [6, 6.07) is 5.63. The highest BCUT2D eigenvalue weighted by Gasteiger charge is 2.45. The Morgan fingerprint density at radius 2 is 1.61 bits per heavy atom. The molecule has 1 aromatic heterocycles. The zero-order valence-electron chi connectivity index (χ0n) is 16.7. The Hall–Kier alpha value is -3.55. The van der Waals surface area contributed by atoms with Crippen molar-refractivity contribution >= 4 is 11.0 Å². The quantitative estimate of drug-likeness (QED) is 0.229. The first-order valence-electron chi connectivity index (χ1n) is 9.64. The monoisotopic (exact) mass is 464 g/mol. The Balaban J connectivity index is 1.81. The molecule has 3 aromatic rings. The van der Waals surface area contributed by atoms with E-state index in [4.69, 9.17) is 13.9 Å². The number of aliphatic hydroxyl groups excluding tert-OH is 4. The molecule has 1 fully saturated rings. The molecule has 12 heteroatoms. The van der Waals surface area contributed by atoms with Crippen molar-refractivity contribution in [2.24, 2.45) is 0 Å². The Labute approximate surface area is 184 Å². The predicted octanol–water partition coefficient (Wildman–Crippen LogP) is -0.539. The fraction of sp³-hybridized carbons (Fsp3) is 0.286. The third kappa shape index (κ3) is 3.90. The molecule has 0 aliphatic carbocycles. The van der Waals surface area contributed by atoms with E-state index in [0.717, 1.165) is 18.2 Å². The van der Waals surface area contributed by atoms with E-state index in [0.29, 0.717) is 0 Å². The summed E-state index contributed by atoms with van der Waals surface area (Å²) in [5.41, 5.74) is -0.790. The molecule has 0 spiro atoms. The van der Waals surface area contributed by atoms with Gasteiger partial charge in [0, 0.05) is 17.7 Å². The van der Waals surface area contributed by atoms with Crippen LogP contribution in [0.25, 0.3) is 22.3 Å². The van der Waals surface area contributed by atoms with Crippen LogP contribution in [-0.2, 0) is 4.74 Å². The van der Waals surface area contributed by atoms with Crippen molar-refractivity contribution in [3.8, 4) is 40.1 Å². The maximum Gasteiger partial charge on any atom is 0.229 e. The zero-order chi connectivity index (χ0) is 24.0. The van der Waals surface area contributed by atoms with Gasteiger partial charge in [0.2, 0.25) is 12.0 Å². The average Bonchev–Trinajstić information content (AvgIpc) is 2.78. The number of rotatable bonds is 4. The molecule has 5 unspecified atom stereocenters. The summed E-state index contributed by atoms with van der Waals surface area (Å²) >= 11 is 0. The van der Waals surface area contributed by atoms with Crippen LogP contribution in [0, 0.1) is 0 Å². The van der Waals surface area contributed by atoms with Gasteiger partial charge in [0.15, 0.2) is 28.4 Å². The topological polar surface area (TPSA) is 211 Å². The van der Waals surface area contributed by atoms with Gasteiger partial charge in [-0.25, -0.2) is 0 Å². The number of hydrogen-bond acceptors (Lipinski definition) is 12. The van der Waals surface area contributed by atoms with Crippen LogP contribution in [0.5, 0.6) is 28.7 Å². The van der Waals surface area contributed by atoms with E-state index in [-0.39, 0.29) is 28.0 Å². The normalized spacial score (nSPS) is 25.3. The molecule has 12 nitrogen and oxygen atoms in total. The molecule has 5 atom stereocenters. The molecule has 2 aromatic carbocycles. The fourth-order valence-corrected chi connectivity index (χ4v) is 3.48. The maximum atomic E-state index is 12.9. The summed E-state index contributed by atoms with van der Waals surface area (Å²) in [5, 5.41) is 78.6. The number of ether oxygens (including phenoxy) is 2. The van der Waals surface area contributed by atoms with Crippen LogP contribution in [0.2, 0.25) is 0 Å². The molecule has 0 radical (unpaired) electrons. The van der Waals surface area contributed by atoms with Crippen LogP contribution >= 0.6 is 0 Å². The van der Waals surface area contributed by atoms with Crippen molar-refractivity contribution in [1.82, 2.24) is 0 Å². The van der Waals surface area contributed by atoms with Gasteiger partial charge in [0.1, 0.15) is 41.1 Å². The van der Waals surface area contributed by atoms with Gasteiger partial charge in [-0.05, 0) is 18.2 Å². The lowest BCUT2D eigenvalue weighted by molar-refractivity contribution is -0.277. The SMILES string of the molecule is O=c1cc(-c2ccc(O)c(O)c2)oc2cc(O)c(O)c(OC3OC(CO)C(O)C(O)C3O)c12. The van der Waals surface area contributed by atoms with Gasteiger partial charge in [-0.2, -0.15) is 0 Å². The first kappa shape index (κ1) is 22.6. The van der Waals surface area contributed by atoms with E-state index in [1.165, 1.54) is 12.1 Å². The number of phenolic OH excluding ortho intramolecular Hbond substituents is 4. The van der Waals surface area contributed by atoms with Gasteiger partial charge in [-0.15, -0.1) is 0 Å². The van der Waals surface area contributed by atoms with Crippen LogP contribution in [-0.4, -0.2) is 78.2 Å². The maximum absolute atomic E-state index is 12.9. The number of fused-ring (bicyclic) bond motifs is 1. The highest BCUT2D eigenvalue weighted by Crippen LogP contribution is 2.43. The van der Waals surface area contributed by atoms with Crippen LogP contribution in [0.15, 0.2) is 39.5 Å². The second kappa shape index (κ2) is 8.42. The van der Waals surface area contributed by atoms with Crippen LogP contribution in [0.3, 0.4) is 0 Å². The van der Waals surface area contributed by atoms with Gasteiger partial charge in [-0.3, -0.25) is 4.79 Å². The summed E-state index contributed by atoms with van der Waals surface area (Å²) in [4.78, 5) is 12.9. The summed E-state index contributed by atoms with van der Waals surface area (Å²) in [6.07, 6.45) is -8.34. The molecular weight excluding hydrogens is 444 g/mol. The van der Waals surface area contributed by atoms with Crippen LogP contribution < -0.4 is 10.2 Å². The summed E-state index contributed by atoms with van der Waals surface area (Å²) in [5.74, 6) is -3.18. The number of phenols is 4. The lowest BCUT2D eigenvalue weighted by Gasteiger charge is -2.39. The average molecular weight is 464 g/mol. The number of aliphatic hydroxyl groups is 4. The van der Waals surface area contributed by atoms with Crippen molar-refractivity contribution in [3.05, 3.63) is 40.6 Å². The number of aromatic hydroxyl groups is 4. The van der Waals surface area contributed by atoms with E-state index < -0.39 is 65.7 Å². The minimum absolute atomic E-state index is 0.0494. The van der Waals surface area contributed by atoms with E-state index in [1.807, 2.05) is 0 Å². The van der Waals surface area contributed by atoms with Gasteiger partial charge < -0.3 is 54.7 Å². The molecule has 4 rings (SSSR count). The largest absolute Gasteiger partial charge is 0.504 e. The lowest BCUT2D eigenvalue weighted by atomic mass is 9.99. The first-order valence-corrected chi connectivity index (χ1v) is 9.64. The van der Waals surface area contributed by atoms with Gasteiger partial charge in [-0.1, -0.05) is 0 Å². The minimum atomic E-state index is -1.84. The van der Waals surface area contributed by atoms with Crippen molar-refractivity contribution in [2.45, 2.75) is 30.7 Å². The molecule has 0 saturated carbocycles. The zero-order valence-corrected chi connectivity index (χ0v) is 16.7. The number of benzene rings is 2. The summed E-state index contributed by atoms with van der Waals surface area (Å²) in [7, 11) is 0. The third-order valence-corrected chi connectivity index (χ3v) is 5.27. The second-order valence-corrected chi connectivity index (χ2v) is 7.44. The van der Waals surface area contributed by atoms with E-state index in [1.54, 1.807) is 0 Å². The molecule has 33 heavy (non-hydrogen) atoms. The van der Waals surface area contributed by atoms with Gasteiger partial charge in [0.05, 0.1) is 6.61 Å². The summed E-state index contributed by atoms with van der Waals surface area (Å²) < 4.78 is 16.3. The first-order chi connectivity index (χ1) is 15.6. The Kier molecular flexibility index (Phi) is 5.78. The van der Waals surface area contributed by atoms with E-state index in [2.05, 4.69) is 0 Å². The lowest BCUT2D eigenvalue weighted by Crippen LogP contribution is -2.60. The molecular formula is C21H20O12. The molecule has 1 aliphatic heterocycles. The third-order valence-electron chi connectivity index (χ3n) is 5.27. The fourth-order valence-electron chi connectivity index (χ4n) is 3.48. The minimum Gasteiger partial charge on any atom is -0.504 e. The molecule has 2 heterocycles. The standard InChI is InChI=1S/C21H20O12/c22-6-14-17(28)18(29)19(30)21(32-14)33-20-15-10(25)4-12(7-1-2-8(23)9(24)3-7)31-13(15)5-11(26)16(20)27/h1-5,14,17-19,21-24,26-30H,6H2. The molecule has 0 bridgehead atoms. The molecule has 1 saturated heterocycles. The van der Waals surface area contributed by atoms with Crippen molar-refractivity contribution in [1.29, 1.82) is 0 Å². The van der Waals surface area contributed by atoms with Crippen LogP contribution in [0.4, 0.5) is 0 Å². The van der Waals surface area contributed by atoms with Gasteiger partial charge >= 0.3 is 0 Å².